The zero-order chi connectivity index (χ0) is 23.3. The van der Waals surface area contributed by atoms with Gasteiger partial charge in [0.1, 0.15) is 17.4 Å². The minimum Gasteiger partial charge on any atom is -0.466 e. The average Bonchev–Trinajstić information content (AvgIpc) is 3.21. The summed E-state index contributed by atoms with van der Waals surface area (Å²) >= 11 is 0. The van der Waals surface area contributed by atoms with E-state index in [0.29, 0.717) is 11.3 Å². The minimum atomic E-state index is -4.68. The van der Waals surface area contributed by atoms with Crippen LogP contribution in [0.2, 0.25) is 0 Å². The number of ether oxygens (including phenoxy) is 2. The highest BCUT2D eigenvalue weighted by molar-refractivity contribution is 6.11. The van der Waals surface area contributed by atoms with Crippen LogP contribution in [0, 0.1) is 5.92 Å². The van der Waals surface area contributed by atoms with Crippen LogP contribution < -0.4 is 5.32 Å². The molecule has 170 valence electrons. The Morgan fingerprint density at radius 2 is 1.78 bits per heavy atom. The number of anilines is 1. The standard InChI is InChI=1S/C22H21F3N2O5/c1-3-31-18(28)16-17(19(29)32-4-2)27-10-9-12(22(23,24)25)11-15(27)21(16)13-7-5-6-8-14(13)26-20(21)30/h5-11,15-17H,3-4H2,1-2H3,(H,26,30)/t15?,16-,17-,21-/m1/s1. The number of para-hydroxylation sites is 1. The lowest BCUT2D eigenvalue weighted by Gasteiger charge is -2.35. The molecule has 7 nitrogen and oxygen atoms in total. The van der Waals surface area contributed by atoms with Gasteiger partial charge in [0.2, 0.25) is 5.91 Å². The lowest BCUT2D eigenvalue weighted by molar-refractivity contribution is -0.160. The van der Waals surface area contributed by atoms with Crippen LogP contribution >= 0.6 is 0 Å². The van der Waals surface area contributed by atoms with E-state index in [1.807, 2.05) is 0 Å². The summed E-state index contributed by atoms with van der Waals surface area (Å²) in [5.74, 6) is -3.78. The molecule has 1 saturated heterocycles. The molecule has 1 N–H and O–H groups in total. The second kappa shape index (κ2) is 7.68. The van der Waals surface area contributed by atoms with Gasteiger partial charge in [0.25, 0.3) is 0 Å². The van der Waals surface area contributed by atoms with Crippen molar-refractivity contribution in [3.8, 4) is 0 Å². The van der Waals surface area contributed by atoms with Crippen molar-refractivity contribution in [1.82, 2.24) is 4.90 Å². The number of nitrogens with one attached hydrogen (secondary N) is 1. The van der Waals surface area contributed by atoms with Crippen LogP contribution in [0.15, 0.2) is 48.2 Å². The highest BCUT2D eigenvalue weighted by atomic mass is 19.4. The normalized spacial score (nSPS) is 28.2. The third-order valence-electron chi connectivity index (χ3n) is 6.07. The molecular formula is C22H21F3N2O5. The van der Waals surface area contributed by atoms with Crippen LogP contribution in [0.3, 0.4) is 0 Å². The summed E-state index contributed by atoms with van der Waals surface area (Å²) in [4.78, 5) is 41.0. The fourth-order valence-electron chi connectivity index (χ4n) is 4.93. The molecule has 1 aromatic carbocycles. The number of benzene rings is 1. The molecule has 3 aliphatic rings. The molecule has 0 saturated carbocycles. The van der Waals surface area contributed by atoms with Crippen molar-refractivity contribution in [1.29, 1.82) is 0 Å². The fraction of sp³-hybridized carbons (Fsp3) is 0.409. The molecule has 0 bridgehead atoms. The number of esters is 2. The molecule has 0 aromatic heterocycles. The molecule has 10 heteroatoms. The van der Waals surface area contributed by atoms with E-state index in [2.05, 4.69) is 5.32 Å². The summed E-state index contributed by atoms with van der Waals surface area (Å²) < 4.78 is 51.2. The van der Waals surface area contributed by atoms with Gasteiger partial charge >= 0.3 is 18.1 Å². The molecule has 1 unspecified atom stereocenters. The van der Waals surface area contributed by atoms with Gasteiger partial charge in [-0.25, -0.2) is 4.79 Å². The lowest BCUT2D eigenvalue weighted by atomic mass is 9.66. The van der Waals surface area contributed by atoms with Crippen LogP contribution in [-0.2, 0) is 29.3 Å². The van der Waals surface area contributed by atoms with E-state index in [1.165, 1.54) is 4.90 Å². The smallest absolute Gasteiger partial charge is 0.416 e. The van der Waals surface area contributed by atoms with Crippen molar-refractivity contribution in [2.45, 2.75) is 37.5 Å². The second-order valence-corrected chi connectivity index (χ2v) is 7.62. The topological polar surface area (TPSA) is 84.9 Å². The molecule has 1 amide bonds. The molecule has 3 aliphatic heterocycles. The van der Waals surface area contributed by atoms with E-state index in [0.717, 1.165) is 18.4 Å². The molecule has 1 aromatic rings. The van der Waals surface area contributed by atoms with Gasteiger partial charge in [-0.15, -0.1) is 0 Å². The van der Waals surface area contributed by atoms with Gasteiger partial charge in [0, 0.05) is 11.9 Å². The largest absolute Gasteiger partial charge is 0.466 e. The Kier molecular flexibility index (Phi) is 5.26. The van der Waals surface area contributed by atoms with Gasteiger partial charge < -0.3 is 19.7 Å². The van der Waals surface area contributed by atoms with E-state index in [4.69, 9.17) is 9.47 Å². The maximum absolute atomic E-state index is 13.6. The first kappa shape index (κ1) is 21.9. The van der Waals surface area contributed by atoms with E-state index >= 15 is 0 Å². The second-order valence-electron chi connectivity index (χ2n) is 7.62. The number of carbonyl (C=O) groups excluding carboxylic acids is 3. The van der Waals surface area contributed by atoms with E-state index in [-0.39, 0.29) is 13.2 Å². The number of hydrogen-bond donors (Lipinski definition) is 1. The van der Waals surface area contributed by atoms with Crippen molar-refractivity contribution in [3.63, 3.8) is 0 Å². The van der Waals surface area contributed by atoms with Crippen molar-refractivity contribution in [2.75, 3.05) is 18.5 Å². The summed E-state index contributed by atoms with van der Waals surface area (Å²) in [6, 6.07) is 3.84. The Morgan fingerprint density at radius 1 is 1.12 bits per heavy atom. The Balaban J connectivity index is 2.00. The van der Waals surface area contributed by atoms with Crippen molar-refractivity contribution >= 4 is 23.5 Å². The molecule has 4 rings (SSSR count). The number of alkyl halides is 3. The third-order valence-corrected chi connectivity index (χ3v) is 6.07. The zero-order valence-electron chi connectivity index (χ0n) is 17.3. The van der Waals surface area contributed by atoms with Crippen LogP contribution in [0.4, 0.5) is 18.9 Å². The number of halogens is 3. The third kappa shape index (κ3) is 3.00. The summed E-state index contributed by atoms with van der Waals surface area (Å²) in [7, 11) is 0. The Labute approximate surface area is 181 Å². The Morgan fingerprint density at radius 3 is 2.44 bits per heavy atom. The number of allylic oxidation sites excluding steroid dienone is 2. The minimum absolute atomic E-state index is 0.00742. The first-order valence-corrected chi connectivity index (χ1v) is 10.2. The number of amides is 1. The maximum Gasteiger partial charge on any atom is 0.416 e. The summed E-state index contributed by atoms with van der Waals surface area (Å²) in [6.07, 6.45) is -1.86. The number of rotatable bonds is 4. The van der Waals surface area contributed by atoms with Crippen LogP contribution in [0.5, 0.6) is 0 Å². The lowest BCUT2D eigenvalue weighted by Crippen LogP contribution is -2.51. The van der Waals surface area contributed by atoms with Gasteiger partial charge in [-0.1, -0.05) is 18.2 Å². The molecule has 3 heterocycles. The van der Waals surface area contributed by atoms with Crippen molar-refractivity contribution in [3.05, 3.63) is 53.8 Å². The van der Waals surface area contributed by atoms with E-state index in [1.54, 1.807) is 38.1 Å². The van der Waals surface area contributed by atoms with Gasteiger partial charge in [0.05, 0.1) is 24.8 Å². The molecule has 4 atom stereocenters. The summed E-state index contributed by atoms with van der Waals surface area (Å²) in [5, 5.41) is 2.68. The van der Waals surface area contributed by atoms with Gasteiger partial charge in [0.15, 0.2) is 0 Å². The summed E-state index contributed by atoms with van der Waals surface area (Å²) in [6.45, 7) is 3.10. The Bertz CT molecular complexity index is 1030. The van der Waals surface area contributed by atoms with Crippen LogP contribution in [-0.4, -0.2) is 54.2 Å². The van der Waals surface area contributed by atoms with Gasteiger partial charge in [-0.05, 0) is 37.6 Å². The van der Waals surface area contributed by atoms with Crippen LogP contribution in [0.25, 0.3) is 0 Å². The first-order valence-electron chi connectivity index (χ1n) is 10.2. The highest BCUT2D eigenvalue weighted by Crippen LogP contribution is 2.56. The maximum atomic E-state index is 13.6. The number of nitrogens with zero attached hydrogens (tertiary/aromatic N) is 1. The highest BCUT2D eigenvalue weighted by Gasteiger charge is 2.71. The number of hydrogen-bond acceptors (Lipinski definition) is 6. The molecule has 32 heavy (non-hydrogen) atoms. The first-order chi connectivity index (χ1) is 15.2. The Hall–Kier alpha value is -3.30. The monoisotopic (exact) mass is 450 g/mol. The van der Waals surface area contributed by atoms with Gasteiger partial charge in [-0.3, -0.25) is 9.59 Å². The average molecular weight is 450 g/mol. The fourth-order valence-corrected chi connectivity index (χ4v) is 4.93. The molecule has 0 radical (unpaired) electrons. The molecule has 0 aliphatic carbocycles. The predicted molar refractivity (Wildman–Crippen MR) is 106 cm³/mol. The molecule has 1 spiro atoms. The molecule has 1 fully saturated rings. The molecular weight excluding hydrogens is 429 g/mol. The SMILES string of the molecule is CCOC(=O)[C@H]1[C@H](C(=O)OCC)[C@]2(C(=O)Nc3ccccc32)C2C=C(C(F)(F)F)C=CN21. The number of fused-ring (bicyclic) bond motifs is 4. The predicted octanol–water partition coefficient (Wildman–Crippen LogP) is 2.69. The van der Waals surface area contributed by atoms with Crippen LogP contribution in [0.1, 0.15) is 19.4 Å². The van der Waals surface area contributed by atoms with E-state index in [9.17, 15) is 27.6 Å². The number of carbonyl (C=O) groups is 3. The van der Waals surface area contributed by atoms with Crippen molar-refractivity contribution in [2.24, 2.45) is 5.92 Å². The summed E-state index contributed by atoms with van der Waals surface area (Å²) in [5.41, 5.74) is -2.09. The zero-order valence-corrected chi connectivity index (χ0v) is 17.3. The van der Waals surface area contributed by atoms with Gasteiger partial charge in [-0.2, -0.15) is 13.2 Å². The quantitative estimate of drug-likeness (QED) is 0.711. The van der Waals surface area contributed by atoms with E-state index < -0.39 is 53.0 Å². The van der Waals surface area contributed by atoms with Crippen molar-refractivity contribution < 1.29 is 37.0 Å².